The molecule has 1 fully saturated rings. The fraction of sp³-hybridized carbons (Fsp3) is 0.364. The first-order valence-electron chi connectivity index (χ1n) is 10.1. The molecule has 29 heavy (non-hydrogen) atoms. The first-order chi connectivity index (χ1) is 14.1. The number of aromatic amines is 1. The molecule has 0 atom stereocenters. The number of rotatable bonds is 6. The number of aromatic nitrogens is 3. The Morgan fingerprint density at radius 1 is 1.07 bits per heavy atom. The minimum absolute atomic E-state index is 0.609. The van der Waals surface area contributed by atoms with Crippen LogP contribution in [0.3, 0.4) is 0 Å². The van der Waals surface area contributed by atoms with Crippen LogP contribution in [0.4, 0.5) is 0 Å². The molecule has 7 heteroatoms. The van der Waals surface area contributed by atoms with Gasteiger partial charge in [-0.3, -0.25) is 5.10 Å². The molecule has 1 aliphatic heterocycles. The normalized spacial score (nSPS) is 19.2. The number of hydrogen-bond donors (Lipinski definition) is 3. The third-order valence-electron chi connectivity index (χ3n) is 5.63. The second-order valence-corrected chi connectivity index (χ2v) is 8.20. The molecule has 0 amide bonds. The first kappa shape index (κ1) is 19.8. The number of quaternary nitrogens is 2. The van der Waals surface area contributed by atoms with Gasteiger partial charge in [0.15, 0.2) is 12.5 Å². The molecule has 3 N–H and O–H groups in total. The second kappa shape index (κ2) is 8.90. The van der Waals surface area contributed by atoms with E-state index in [2.05, 4.69) is 41.3 Å². The number of ether oxygens (including phenoxy) is 1. The van der Waals surface area contributed by atoms with E-state index in [0.717, 1.165) is 43.4 Å². The summed E-state index contributed by atoms with van der Waals surface area (Å²) in [7, 11) is 1.67. The van der Waals surface area contributed by atoms with Crippen LogP contribution in [0.2, 0.25) is 0 Å². The lowest BCUT2D eigenvalue weighted by atomic mass is 10.1. The monoisotopic (exact) mass is 411 g/mol. The summed E-state index contributed by atoms with van der Waals surface area (Å²) >= 11 is 5.49. The topological polar surface area (TPSA) is 51.7 Å². The van der Waals surface area contributed by atoms with Gasteiger partial charge in [0.05, 0.1) is 7.11 Å². The summed E-state index contributed by atoms with van der Waals surface area (Å²) in [5.74, 6) is 1.64. The number of aryl methyl sites for hydroxylation is 1. The summed E-state index contributed by atoms with van der Waals surface area (Å²) in [5, 5.41) is 3.37. The van der Waals surface area contributed by atoms with Crippen molar-refractivity contribution in [3.8, 4) is 17.1 Å². The Bertz CT molecular complexity index is 1000. The molecule has 0 saturated carbocycles. The Balaban J connectivity index is 1.34. The highest BCUT2D eigenvalue weighted by Crippen LogP contribution is 2.18. The molecule has 3 aromatic rings. The smallest absolute Gasteiger partial charge is 0.221 e. The van der Waals surface area contributed by atoms with E-state index in [1.54, 1.807) is 16.9 Å². The molecule has 6 nitrogen and oxygen atoms in total. The maximum Gasteiger partial charge on any atom is 0.221 e. The van der Waals surface area contributed by atoms with Gasteiger partial charge in [0.1, 0.15) is 38.5 Å². The summed E-state index contributed by atoms with van der Waals surface area (Å²) in [6.45, 7) is 8.74. The summed E-state index contributed by atoms with van der Waals surface area (Å²) in [6, 6.07) is 16.7. The van der Waals surface area contributed by atoms with Crippen molar-refractivity contribution in [2.75, 3.05) is 33.3 Å². The Morgan fingerprint density at radius 3 is 2.48 bits per heavy atom. The highest BCUT2D eigenvalue weighted by atomic mass is 32.1. The van der Waals surface area contributed by atoms with Crippen molar-refractivity contribution in [3.05, 3.63) is 64.4 Å². The Morgan fingerprint density at radius 2 is 1.79 bits per heavy atom. The van der Waals surface area contributed by atoms with Crippen molar-refractivity contribution in [1.29, 1.82) is 0 Å². The molecular weight excluding hydrogens is 382 g/mol. The van der Waals surface area contributed by atoms with Gasteiger partial charge < -0.3 is 14.5 Å². The highest BCUT2D eigenvalue weighted by Gasteiger charge is 2.23. The van der Waals surface area contributed by atoms with Crippen LogP contribution in [0, 0.1) is 11.7 Å². The standard InChI is InChI=1S/C22H27N5OS/c1-17-4-3-5-18(14-17)15-25-10-12-26(13-11-25)16-27-22(29)23-21(24-27)19-6-8-20(28-2)9-7-19/h3-9,14H,10-13,15-16H2,1-2H3,(H,23,24,29)/p+2. The molecular formula is C22H29N5OS+2. The van der Waals surface area contributed by atoms with Crippen molar-refractivity contribution in [3.63, 3.8) is 0 Å². The fourth-order valence-corrected chi connectivity index (χ4v) is 4.17. The van der Waals surface area contributed by atoms with Crippen LogP contribution in [0.15, 0.2) is 48.5 Å². The zero-order chi connectivity index (χ0) is 20.2. The lowest BCUT2D eigenvalue weighted by molar-refractivity contribution is -1.03. The van der Waals surface area contributed by atoms with Crippen LogP contribution in [-0.2, 0) is 13.2 Å². The number of hydrogen-bond acceptors (Lipinski definition) is 3. The van der Waals surface area contributed by atoms with Crippen LogP contribution < -0.4 is 14.5 Å². The van der Waals surface area contributed by atoms with Crippen LogP contribution in [0.5, 0.6) is 5.75 Å². The lowest BCUT2D eigenvalue weighted by Crippen LogP contribution is -3.27. The van der Waals surface area contributed by atoms with Crippen molar-refractivity contribution in [2.24, 2.45) is 0 Å². The number of nitrogens with zero attached hydrogens (tertiary/aromatic N) is 2. The molecule has 1 aromatic heterocycles. The van der Waals surface area contributed by atoms with E-state index >= 15 is 0 Å². The predicted octanol–water partition coefficient (Wildman–Crippen LogP) is 0.866. The fourth-order valence-electron chi connectivity index (χ4n) is 3.97. The average molecular weight is 412 g/mol. The van der Waals surface area contributed by atoms with E-state index in [9.17, 15) is 0 Å². The van der Waals surface area contributed by atoms with Gasteiger partial charge in [0.2, 0.25) is 4.77 Å². The van der Waals surface area contributed by atoms with Crippen molar-refractivity contribution in [1.82, 2.24) is 14.8 Å². The Hall–Kier alpha value is -2.48. The zero-order valence-corrected chi connectivity index (χ0v) is 17.9. The van der Waals surface area contributed by atoms with Crippen LogP contribution in [0.25, 0.3) is 11.4 Å². The van der Waals surface area contributed by atoms with Crippen molar-refractivity contribution in [2.45, 2.75) is 20.1 Å². The van der Waals surface area contributed by atoms with Crippen molar-refractivity contribution < 1.29 is 14.5 Å². The van der Waals surface area contributed by atoms with Gasteiger partial charge in [-0.1, -0.05) is 29.8 Å². The third-order valence-corrected chi connectivity index (χ3v) is 5.94. The summed E-state index contributed by atoms with van der Waals surface area (Å²) in [4.78, 5) is 7.74. The highest BCUT2D eigenvalue weighted by molar-refractivity contribution is 7.71. The molecule has 4 rings (SSSR count). The average Bonchev–Trinajstić information content (AvgIpc) is 3.10. The van der Waals surface area contributed by atoms with Gasteiger partial charge in [-0.15, -0.1) is 0 Å². The first-order valence-corrected chi connectivity index (χ1v) is 10.6. The largest absolute Gasteiger partial charge is 0.497 e. The molecule has 0 bridgehead atoms. The van der Waals surface area contributed by atoms with Gasteiger partial charge in [0, 0.05) is 11.1 Å². The molecule has 0 aliphatic carbocycles. The molecule has 2 heterocycles. The summed E-state index contributed by atoms with van der Waals surface area (Å²) in [5.41, 5.74) is 3.79. The van der Waals surface area contributed by atoms with Gasteiger partial charge in [0.25, 0.3) is 0 Å². The SMILES string of the molecule is COc1ccc(-c2nc(=S)n(C[NH+]3CC[NH+](Cc4cccc(C)c4)CC3)[nH]2)cc1. The van der Waals surface area contributed by atoms with E-state index in [-0.39, 0.29) is 0 Å². The van der Waals surface area contributed by atoms with E-state index in [1.807, 2.05) is 28.9 Å². The summed E-state index contributed by atoms with van der Waals surface area (Å²) in [6.07, 6.45) is 0. The number of H-pyrrole nitrogens is 1. The zero-order valence-electron chi connectivity index (χ0n) is 17.1. The van der Waals surface area contributed by atoms with Gasteiger partial charge in [-0.05, 0) is 43.4 Å². The van der Waals surface area contributed by atoms with Crippen LogP contribution in [-0.4, -0.2) is 48.1 Å². The Labute approximate surface area is 176 Å². The van der Waals surface area contributed by atoms with Crippen LogP contribution in [0.1, 0.15) is 11.1 Å². The second-order valence-electron chi connectivity index (χ2n) is 7.84. The molecule has 2 aromatic carbocycles. The van der Waals surface area contributed by atoms with Gasteiger partial charge in [-0.2, -0.15) is 4.98 Å². The molecule has 1 aliphatic rings. The molecule has 0 spiro atoms. The minimum atomic E-state index is 0.609. The maximum absolute atomic E-state index is 5.49. The Kier molecular flexibility index (Phi) is 6.08. The third kappa shape index (κ3) is 4.93. The molecule has 1 saturated heterocycles. The predicted molar refractivity (Wildman–Crippen MR) is 116 cm³/mol. The van der Waals surface area contributed by atoms with Crippen molar-refractivity contribution >= 4 is 12.2 Å². The number of piperazine rings is 1. The lowest BCUT2D eigenvalue weighted by Gasteiger charge is -2.29. The maximum atomic E-state index is 5.49. The summed E-state index contributed by atoms with van der Waals surface area (Å²) < 4.78 is 7.83. The quantitative estimate of drug-likeness (QED) is 0.528. The van der Waals surface area contributed by atoms with E-state index < -0.39 is 0 Å². The van der Waals surface area contributed by atoms with E-state index in [0.29, 0.717) is 4.77 Å². The molecule has 0 radical (unpaired) electrons. The number of benzene rings is 2. The number of methoxy groups -OCH3 is 1. The van der Waals surface area contributed by atoms with Gasteiger partial charge >= 0.3 is 0 Å². The van der Waals surface area contributed by atoms with E-state index in [4.69, 9.17) is 17.0 Å². The van der Waals surface area contributed by atoms with Crippen LogP contribution >= 0.6 is 12.2 Å². The molecule has 152 valence electrons. The van der Waals surface area contributed by atoms with E-state index in [1.165, 1.54) is 24.2 Å². The van der Waals surface area contributed by atoms with Gasteiger partial charge in [-0.25, -0.2) is 4.68 Å². The minimum Gasteiger partial charge on any atom is -0.497 e. The molecule has 0 unspecified atom stereocenters. The number of nitrogens with one attached hydrogen (secondary N) is 3.